The first-order chi connectivity index (χ1) is 4.31. The molecular formula is C9H17. The Morgan fingerprint density at radius 1 is 1.56 bits per heavy atom. The van der Waals surface area contributed by atoms with Crippen LogP contribution in [0.2, 0.25) is 0 Å². The normalized spacial score (nSPS) is 14.6. The SMILES string of the molecule is [CH2]CCCC(C)C=CC. The quantitative estimate of drug-likeness (QED) is 0.506. The van der Waals surface area contributed by atoms with Gasteiger partial charge in [-0.1, -0.05) is 38.8 Å². The van der Waals surface area contributed by atoms with Crippen molar-refractivity contribution in [2.75, 3.05) is 0 Å². The molecule has 53 valence electrons. The van der Waals surface area contributed by atoms with Gasteiger partial charge in [0.25, 0.3) is 0 Å². The van der Waals surface area contributed by atoms with Gasteiger partial charge in [0.05, 0.1) is 0 Å². The van der Waals surface area contributed by atoms with Crippen LogP contribution in [0.5, 0.6) is 0 Å². The van der Waals surface area contributed by atoms with Crippen molar-refractivity contribution in [2.45, 2.75) is 33.1 Å². The molecule has 0 rings (SSSR count). The lowest BCUT2D eigenvalue weighted by molar-refractivity contribution is 0.611. The minimum absolute atomic E-state index is 0.747. The summed E-state index contributed by atoms with van der Waals surface area (Å²) in [5, 5.41) is 0. The molecule has 0 fully saturated rings. The predicted octanol–water partition coefficient (Wildman–Crippen LogP) is 3.20. The van der Waals surface area contributed by atoms with Gasteiger partial charge in [0.2, 0.25) is 0 Å². The highest BCUT2D eigenvalue weighted by molar-refractivity contribution is 4.82. The van der Waals surface area contributed by atoms with E-state index in [1.807, 2.05) is 0 Å². The van der Waals surface area contributed by atoms with E-state index in [2.05, 4.69) is 32.9 Å². The predicted molar refractivity (Wildman–Crippen MR) is 43.2 cm³/mol. The maximum absolute atomic E-state index is 3.79. The summed E-state index contributed by atoms with van der Waals surface area (Å²) in [6.45, 7) is 8.11. The summed E-state index contributed by atoms with van der Waals surface area (Å²) in [5.41, 5.74) is 0. The van der Waals surface area contributed by atoms with Gasteiger partial charge in [0.15, 0.2) is 0 Å². The highest BCUT2D eigenvalue weighted by Crippen LogP contribution is 2.07. The van der Waals surface area contributed by atoms with Crippen molar-refractivity contribution in [3.8, 4) is 0 Å². The molecule has 0 spiro atoms. The standard InChI is InChI=1S/C9H17/c1-4-6-8-9(3)7-5-2/h5,7,9H,1,4,6,8H2,2-3H3. The van der Waals surface area contributed by atoms with E-state index in [0.717, 1.165) is 12.3 Å². The lowest BCUT2D eigenvalue weighted by atomic mass is 10.0. The first-order valence-corrected chi connectivity index (χ1v) is 3.73. The summed E-state index contributed by atoms with van der Waals surface area (Å²) in [6.07, 6.45) is 7.98. The minimum atomic E-state index is 0.747. The molecule has 0 amide bonds. The number of hydrogen-bond acceptors (Lipinski definition) is 0. The van der Waals surface area contributed by atoms with Crippen molar-refractivity contribution < 1.29 is 0 Å². The molecule has 0 N–H and O–H groups in total. The second-order valence-electron chi connectivity index (χ2n) is 2.50. The van der Waals surface area contributed by atoms with Crippen LogP contribution in [0.1, 0.15) is 33.1 Å². The molecule has 0 aliphatic rings. The highest BCUT2D eigenvalue weighted by Gasteiger charge is 1.92. The van der Waals surface area contributed by atoms with Crippen LogP contribution in [0.3, 0.4) is 0 Å². The number of hydrogen-bond donors (Lipinski definition) is 0. The van der Waals surface area contributed by atoms with Crippen LogP contribution in [-0.4, -0.2) is 0 Å². The second-order valence-corrected chi connectivity index (χ2v) is 2.50. The van der Waals surface area contributed by atoms with E-state index in [-0.39, 0.29) is 0 Å². The van der Waals surface area contributed by atoms with E-state index >= 15 is 0 Å². The zero-order valence-electron chi connectivity index (χ0n) is 6.56. The van der Waals surface area contributed by atoms with Gasteiger partial charge in [-0.25, -0.2) is 0 Å². The summed E-state index contributed by atoms with van der Waals surface area (Å²) in [7, 11) is 0. The Labute approximate surface area is 59.0 Å². The molecule has 0 bridgehead atoms. The van der Waals surface area contributed by atoms with Crippen molar-refractivity contribution in [1.82, 2.24) is 0 Å². The number of allylic oxidation sites excluding steroid dienone is 2. The molecule has 0 aromatic carbocycles. The fourth-order valence-electron chi connectivity index (χ4n) is 0.891. The van der Waals surface area contributed by atoms with Crippen LogP contribution >= 0.6 is 0 Å². The Hall–Kier alpha value is -0.260. The van der Waals surface area contributed by atoms with Gasteiger partial charge in [0, 0.05) is 0 Å². The molecule has 0 heteroatoms. The van der Waals surface area contributed by atoms with Crippen molar-refractivity contribution in [3.05, 3.63) is 19.1 Å². The Kier molecular flexibility index (Phi) is 5.70. The van der Waals surface area contributed by atoms with Crippen molar-refractivity contribution in [1.29, 1.82) is 0 Å². The monoisotopic (exact) mass is 125 g/mol. The zero-order chi connectivity index (χ0) is 7.11. The van der Waals surface area contributed by atoms with E-state index in [4.69, 9.17) is 0 Å². The van der Waals surface area contributed by atoms with Gasteiger partial charge in [0.1, 0.15) is 0 Å². The maximum Gasteiger partial charge on any atom is -0.0262 e. The molecule has 0 saturated carbocycles. The molecule has 1 atom stereocenters. The van der Waals surface area contributed by atoms with Gasteiger partial charge < -0.3 is 0 Å². The molecule has 9 heavy (non-hydrogen) atoms. The lowest BCUT2D eigenvalue weighted by Crippen LogP contribution is -1.87. The lowest BCUT2D eigenvalue weighted by Gasteiger charge is -2.01. The largest absolute Gasteiger partial charge is 0.0914 e. The molecule has 1 radical (unpaired) electrons. The van der Waals surface area contributed by atoms with Crippen molar-refractivity contribution in [3.63, 3.8) is 0 Å². The van der Waals surface area contributed by atoms with Crippen LogP contribution in [0.15, 0.2) is 12.2 Å². The Morgan fingerprint density at radius 2 is 2.22 bits per heavy atom. The van der Waals surface area contributed by atoms with Gasteiger partial charge in [-0.05, 0) is 19.3 Å². The van der Waals surface area contributed by atoms with Crippen LogP contribution < -0.4 is 0 Å². The van der Waals surface area contributed by atoms with E-state index in [1.165, 1.54) is 12.8 Å². The molecule has 0 saturated heterocycles. The fraction of sp³-hybridized carbons (Fsp3) is 0.667. The third-order valence-corrected chi connectivity index (χ3v) is 1.43. The summed E-state index contributed by atoms with van der Waals surface area (Å²) < 4.78 is 0. The minimum Gasteiger partial charge on any atom is -0.0914 e. The molecule has 1 unspecified atom stereocenters. The second kappa shape index (κ2) is 5.87. The van der Waals surface area contributed by atoms with Crippen LogP contribution in [0.4, 0.5) is 0 Å². The molecule has 0 aliphatic carbocycles. The topological polar surface area (TPSA) is 0 Å². The Morgan fingerprint density at radius 3 is 2.67 bits per heavy atom. The Bertz CT molecular complexity index is 72.1. The molecule has 0 heterocycles. The van der Waals surface area contributed by atoms with E-state index < -0.39 is 0 Å². The smallest absolute Gasteiger partial charge is 0.0262 e. The summed E-state index contributed by atoms with van der Waals surface area (Å²) >= 11 is 0. The zero-order valence-corrected chi connectivity index (χ0v) is 6.56. The van der Waals surface area contributed by atoms with E-state index in [9.17, 15) is 0 Å². The van der Waals surface area contributed by atoms with Crippen molar-refractivity contribution in [2.24, 2.45) is 5.92 Å². The highest BCUT2D eigenvalue weighted by atomic mass is 14.0. The van der Waals surface area contributed by atoms with Crippen LogP contribution in [-0.2, 0) is 0 Å². The van der Waals surface area contributed by atoms with Crippen LogP contribution in [0.25, 0.3) is 0 Å². The fourth-order valence-corrected chi connectivity index (χ4v) is 0.891. The summed E-state index contributed by atoms with van der Waals surface area (Å²) in [6, 6.07) is 0. The summed E-state index contributed by atoms with van der Waals surface area (Å²) in [5.74, 6) is 0.747. The van der Waals surface area contributed by atoms with E-state index in [0.29, 0.717) is 0 Å². The van der Waals surface area contributed by atoms with Gasteiger partial charge >= 0.3 is 0 Å². The van der Waals surface area contributed by atoms with E-state index in [1.54, 1.807) is 0 Å². The first-order valence-electron chi connectivity index (χ1n) is 3.73. The molecule has 0 aromatic rings. The molecule has 0 aliphatic heterocycles. The number of unbranched alkanes of at least 4 members (excludes halogenated alkanes) is 1. The third-order valence-electron chi connectivity index (χ3n) is 1.43. The summed E-state index contributed by atoms with van der Waals surface area (Å²) in [4.78, 5) is 0. The maximum atomic E-state index is 3.79. The van der Waals surface area contributed by atoms with Gasteiger partial charge in [-0.15, -0.1) is 0 Å². The van der Waals surface area contributed by atoms with Gasteiger partial charge in [-0.3, -0.25) is 0 Å². The average molecular weight is 125 g/mol. The van der Waals surface area contributed by atoms with Gasteiger partial charge in [-0.2, -0.15) is 0 Å². The first kappa shape index (κ1) is 8.74. The molecule has 0 aromatic heterocycles. The average Bonchev–Trinajstić information content (AvgIpc) is 1.85. The molecular weight excluding hydrogens is 108 g/mol. The van der Waals surface area contributed by atoms with Crippen molar-refractivity contribution >= 4 is 0 Å². The molecule has 0 nitrogen and oxygen atoms in total. The Balaban J connectivity index is 3.15. The third kappa shape index (κ3) is 5.61. The van der Waals surface area contributed by atoms with Crippen LogP contribution in [0, 0.1) is 12.8 Å². The number of rotatable bonds is 4.